The van der Waals surface area contributed by atoms with Gasteiger partial charge in [0, 0.05) is 18.2 Å². The Morgan fingerprint density at radius 2 is 1.92 bits per heavy atom. The smallest absolute Gasteiger partial charge is 0.149 e. The fraction of sp³-hybridized carbons (Fsp3) is 0.176. The van der Waals surface area contributed by atoms with Gasteiger partial charge >= 0.3 is 0 Å². The molecule has 2 aromatic carbocycles. The van der Waals surface area contributed by atoms with Crippen molar-refractivity contribution in [2.45, 2.75) is 19.5 Å². The summed E-state index contributed by atoms with van der Waals surface area (Å²) >= 11 is 0. The van der Waals surface area contributed by atoms with Crippen molar-refractivity contribution >= 4 is 0 Å². The Morgan fingerprint density at radius 1 is 1.08 bits per heavy atom. The molecule has 0 radical (unpaired) electrons. The molecule has 3 aromatic rings. The van der Waals surface area contributed by atoms with Gasteiger partial charge < -0.3 is 5.32 Å². The molecule has 0 saturated heterocycles. The fourth-order valence-electron chi connectivity index (χ4n) is 2.41. The molecule has 124 valence electrons. The van der Waals surface area contributed by atoms with Gasteiger partial charge in [0.1, 0.15) is 35.8 Å². The highest BCUT2D eigenvalue weighted by Crippen LogP contribution is 2.19. The van der Waals surface area contributed by atoms with Gasteiger partial charge in [0.2, 0.25) is 0 Å². The molecule has 0 aliphatic rings. The quantitative estimate of drug-likeness (QED) is 0.777. The van der Waals surface area contributed by atoms with Gasteiger partial charge in [0.25, 0.3) is 0 Å². The Kier molecular flexibility index (Phi) is 4.61. The molecule has 1 aromatic heterocycles. The van der Waals surface area contributed by atoms with E-state index in [0.29, 0.717) is 17.8 Å². The van der Waals surface area contributed by atoms with Crippen LogP contribution in [0, 0.1) is 17.5 Å². The molecule has 24 heavy (non-hydrogen) atoms. The summed E-state index contributed by atoms with van der Waals surface area (Å²) in [5.74, 6) is -1.42. The average molecular weight is 332 g/mol. The van der Waals surface area contributed by atoms with Gasteiger partial charge in [-0.1, -0.05) is 6.07 Å². The predicted molar refractivity (Wildman–Crippen MR) is 82.9 cm³/mol. The van der Waals surface area contributed by atoms with Gasteiger partial charge in [-0.2, -0.15) is 5.10 Å². The predicted octanol–water partition coefficient (Wildman–Crippen LogP) is 3.54. The second kappa shape index (κ2) is 6.84. The molecule has 0 unspecified atom stereocenters. The Balaban J connectivity index is 1.70. The highest BCUT2D eigenvalue weighted by atomic mass is 19.1. The number of halogens is 3. The first-order valence-electron chi connectivity index (χ1n) is 7.36. The Morgan fingerprint density at radius 3 is 2.62 bits per heavy atom. The van der Waals surface area contributed by atoms with E-state index >= 15 is 0 Å². The van der Waals surface area contributed by atoms with Crippen molar-refractivity contribution in [2.24, 2.45) is 0 Å². The lowest BCUT2D eigenvalue weighted by atomic mass is 10.1. The molecular weight excluding hydrogens is 317 g/mol. The lowest BCUT2D eigenvalue weighted by Crippen LogP contribution is -2.19. The van der Waals surface area contributed by atoms with Crippen molar-refractivity contribution in [3.63, 3.8) is 0 Å². The zero-order valence-electron chi connectivity index (χ0n) is 12.9. The first-order valence-corrected chi connectivity index (χ1v) is 7.36. The number of rotatable bonds is 5. The maximum absolute atomic E-state index is 14.2. The summed E-state index contributed by atoms with van der Waals surface area (Å²) < 4.78 is 42.5. The van der Waals surface area contributed by atoms with E-state index in [9.17, 15) is 13.2 Å². The average Bonchev–Trinajstić information content (AvgIpc) is 3.09. The second-order valence-corrected chi connectivity index (χ2v) is 5.39. The van der Waals surface area contributed by atoms with Gasteiger partial charge in [-0.05, 0) is 42.8 Å². The lowest BCUT2D eigenvalue weighted by Gasteiger charge is -2.15. The van der Waals surface area contributed by atoms with Crippen molar-refractivity contribution in [3.8, 4) is 5.69 Å². The van der Waals surface area contributed by atoms with Crippen molar-refractivity contribution in [1.29, 1.82) is 0 Å². The van der Waals surface area contributed by atoms with E-state index in [1.165, 1.54) is 23.4 Å². The molecule has 4 nitrogen and oxygen atoms in total. The summed E-state index contributed by atoms with van der Waals surface area (Å²) in [5.41, 5.74) is 1.20. The van der Waals surface area contributed by atoms with Crippen LogP contribution < -0.4 is 5.32 Å². The van der Waals surface area contributed by atoms with Crippen LogP contribution in [-0.2, 0) is 6.54 Å². The van der Waals surface area contributed by atoms with Crippen LogP contribution in [0.3, 0.4) is 0 Å². The van der Waals surface area contributed by atoms with Crippen LogP contribution >= 0.6 is 0 Å². The van der Waals surface area contributed by atoms with Crippen molar-refractivity contribution in [2.75, 3.05) is 0 Å². The summed E-state index contributed by atoms with van der Waals surface area (Å²) in [5, 5.41) is 6.94. The van der Waals surface area contributed by atoms with Crippen LogP contribution in [0.1, 0.15) is 24.1 Å². The van der Waals surface area contributed by atoms with E-state index in [1.54, 1.807) is 19.1 Å². The maximum Gasteiger partial charge on any atom is 0.149 e. The summed E-state index contributed by atoms with van der Waals surface area (Å²) in [4.78, 5) is 3.78. The molecule has 0 saturated carbocycles. The van der Waals surface area contributed by atoms with Crippen LogP contribution in [-0.4, -0.2) is 14.8 Å². The Bertz CT molecular complexity index is 834. The van der Waals surface area contributed by atoms with E-state index in [0.717, 1.165) is 18.2 Å². The lowest BCUT2D eigenvalue weighted by molar-refractivity contribution is 0.517. The molecule has 0 bridgehead atoms. The molecule has 0 spiro atoms. The fourth-order valence-corrected chi connectivity index (χ4v) is 2.41. The third kappa shape index (κ3) is 3.46. The molecule has 3 rings (SSSR count). The van der Waals surface area contributed by atoms with E-state index in [1.807, 2.05) is 0 Å². The van der Waals surface area contributed by atoms with Crippen molar-refractivity contribution in [3.05, 3.63) is 77.6 Å². The Hall–Kier alpha value is -2.67. The zero-order chi connectivity index (χ0) is 17.1. The van der Waals surface area contributed by atoms with Crippen LogP contribution in [0.4, 0.5) is 13.2 Å². The highest BCUT2D eigenvalue weighted by Gasteiger charge is 2.12. The first kappa shape index (κ1) is 16.2. The molecule has 0 fully saturated rings. The van der Waals surface area contributed by atoms with Gasteiger partial charge in [-0.15, -0.1) is 0 Å². The standard InChI is InChI=1S/C17H15F3N4/c1-11(14-7-13(18)3-4-15(14)19)22-8-12-2-5-17(16(20)6-12)24-10-21-9-23-24/h2-7,9-11,22H,8H2,1H3/t11-/m1/s1. The molecule has 0 aliphatic carbocycles. The minimum absolute atomic E-state index is 0.231. The van der Waals surface area contributed by atoms with Crippen molar-refractivity contribution < 1.29 is 13.2 Å². The van der Waals surface area contributed by atoms with Crippen LogP contribution in [0.5, 0.6) is 0 Å². The monoisotopic (exact) mass is 332 g/mol. The number of hydrogen-bond acceptors (Lipinski definition) is 3. The molecule has 0 aliphatic heterocycles. The number of benzene rings is 2. The van der Waals surface area contributed by atoms with E-state index < -0.39 is 23.5 Å². The van der Waals surface area contributed by atoms with E-state index in [4.69, 9.17) is 0 Å². The molecule has 0 amide bonds. The number of hydrogen-bond donors (Lipinski definition) is 1. The largest absolute Gasteiger partial charge is 0.306 e. The summed E-state index contributed by atoms with van der Waals surface area (Å²) in [6, 6.07) is 7.61. The number of aromatic nitrogens is 3. The highest BCUT2D eigenvalue weighted by molar-refractivity contribution is 5.35. The van der Waals surface area contributed by atoms with Crippen LogP contribution in [0.2, 0.25) is 0 Å². The van der Waals surface area contributed by atoms with Crippen LogP contribution in [0.15, 0.2) is 49.1 Å². The molecule has 1 heterocycles. The van der Waals surface area contributed by atoms with Crippen molar-refractivity contribution in [1.82, 2.24) is 20.1 Å². The first-order chi connectivity index (χ1) is 11.5. The minimum atomic E-state index is -0.497. The normalized spacial score (nSPS) is 12.3. The molecule has 1 atom stereocenters. The summed E-state index contributed by atoms with van der Waals surface area (Å²) in [6.07, 6.45) is 2.73. The zero-order valence-corrected chi connectivity index (χ0v) is 12.9. The second-order valence-electron chi connectivity index (χ2n) is 5.39. The minimum Gasteiger partial charge on any atom is -0.306 e. The third-order valence-corrected chi connectivity index (χ3v) is 3.71. The third-order valence-electron chi connectivity index (χ3n) is 3.71. The van der Waals surface area contributed by atoms with Gasteiger partial charge in [-0.25, -0.2) is 22.8 Å². The molecule has 1 N–H and O–H groups in total. The SMILES string of the molecule is C[C@@H](NCc1ccc(-n2cncn2)c(F)c1)c1cc(F)ccc1F. The summed E-state index contributed by atoms with van der Waals surface area (Å²) in [6.45, 7) is 2.03. The van der Waals surface area contributed by atoms with E-state index in [2.05, 4.69) is 15.4 Å². The number of nitrogens with zero attached hydrogens (tertiary/aromatic N) is 3. The van der Waals surface area contributed by atoms with Gasteiger partial charge in [0.15, 0.2) is 0 Å². The van der Waals surface area contributed by atoms with Crippen LogP contribution in [0.25, 0.3) is 5.69 Å². The van der Waals surface area contributed by atoms with E-state index in [-0.39, 0.29) is 5.56 Å². The summed E-state index contributed by atoms with van der Waals surface area (Å²) in [7, 11) is 0. The molecule has 7 heteroatoms. The topological polar surface area (TPSA) is 42.7 Å². The van der Waals surface area contributed by atoms with Gasteiger partial charge in [-0.3, -0.25) is 0 Å². The van der Waals surface area contributed by atoms with Gasteiger partial charge in [0.05, 0.1) is 0 Å². The maximum atomic E-state index is 14.2. The molecular formula is C17H15F3N4. The number of nitrogens with one attached hydrogen (secondary N) is 1. The Labute approximate surface area is 137 Å².